The minimum Gasteiger partial charge on any atom is -0.480 e. The Morgan fingerprint density at radius 1 is 1.19 bits per heavy atom. The molecular formula is C19H21N3O4. The van der Waals surface area contributed by atoms with E-state index in [0.29, 0.717) is 11.8 Å². The molecule has 0 spiro atoms. The van der Waals surface area contributed by atoms with E-state index in [1.165, 1.54) is 4.90 Å². The summed E-state index contributed by atoms with van der Waals surface area (Å²) in [7, 11) is 0. The molecule has 0 bridgehead atoms. The molecule has 1 saturated heterocycles. The second-order valence-electron chi connectivity index (χ2n) is 7.20. The number of carbonyl (C=O) groups is 2. The lowest BCUT2D eigenvalue weighted by atomic mass is 9.85. The number of carbonyl (C=O) groups excluding carboxylic acids is 1. The Labute approximate surface area is 150 Å². The Morgan fingerprint density at radius 2 is 1.96 bits per heavy atom. The molecule has 26 heavy (non-hydrogen) atoms. The van der Waals surface area contributed by atoms with Crippen molar-refractivity contribution >= 4 is 22.6 Å². The Morgan fingerprint density at radius 3 is 2.77 bits per heavy atom. The van der Waals surface area contributed by atoms with Crippen LogP contribution >= 0.6 is 0 Å². The number of amides is 1. The van der Waals surface area contributed by atoms with E-state index >= 15 is 0 Å². The highest BCUT2D eigenvalue weighted by Gasteiger charge is 2.47. The van der Waals surface area contributed by atoms with Crippen LogP contribution in [0.15, 0.2) is 35.3 Å². The first-order valence-corrected chi connectivity index (χ1v) is 9.05. The number of carboxylic acids is 1. The van der Waals surface area contributed by atoms with E-state index in [1.54, 1.807) is 24.4 Å². The highest BCUT2D eigenvalue weighted by molar-refractivity contribution is 5.85. The molecule has 1 saturated carbocycles. The van der Waals surface area contributed by atoms with Gasteiger partial charge in [0, 0.05) is 11.4 Å². The monoisotopic (exact) mass is 355 g/mol. The van der Waals surface area contributed by atoms with Crippen LogP contribution in [-0.4, -0.2) is 43.7 Å². The third-order valence-corrected chi connectivity index (χ3v) is 5.71. The SMILES string of the molecule is O=C(O)[C@@H]1C[C@H]2CCCC[C@H]2N1C(=O)Cn1ncc2ccccc2c1=O. The number of fused-ring (bicyclic) bond motifs is 2. The highest BCUT2D eigenvalue weighted by Crippen LogP contribution is 2.39. The van der Waals surface area contributed by atoms with Crippen molar-refractivity contribution < 1.29 is 14.7 Å². The summed E-state index contributed by atoms with van der Waals surface area (Å²) in [5, 5.41) is 14.9. The molecule has 3 atom stereocenters. The minimum absolute atomic E-state index is 0.0338. The van der Waals surface area contributed by atoms with E-state index < -0.39 is 12.0 Å². The molecule has 2 fully saturated rings. The van der Waals surface area contributed by atoms with Crippen molar-refractivity contribution in [2.45, 2.75) is 50.7 Å². The van der Waals surface area contributed by atoms with Gasteiger partial charge in [-0.2, -0.15) is 5.10 Å². The standard InChI is InChI=1S/C19H21N3O4/c23-17(11-21-18(24)14-7-3-1-6-13(14)10-20-21)22-15-8-4-2-5-12(15)9-16(22)19(25)26/h1,3,6-7,10,12,15-16H,2,4-5,8-9,11H2,(H,25,26)/t12-,15-,16+/m1/s1. The summed E-state index contributed by atoms with van der Waals surface area (Å²) in [6.07, 6.45) is 5.96. The van der Waals surface area contributed by atoms with Crippen LogP contribution in [0.1, 0.15) is 32.1 Å². The summed E-state index contributed by atoms with van der Waals surface area (Å²) >= 11 is 0. The number of rotatable bonds is 3. The fourth-order valence-corrected chi connectivity index (χ4v) is 4.49. The molecule has 7 nitrogen and oxygen atoms in total. The number of hydrogen-bond acceptors (Lipinski definition) is 4. The zero-order valence-electron chi connectivity index (χ0n) is 14.4. The summed E-state index contributed by atoms with van der Waals surface area (Å²) in [6.45, 7) is -0.226. The van der Waals surface area contributed by atoms with Crippen molar-refractivity contribution in [3.8, 4) is 0 Å². The number of aliphatic carboxylic acids is 1. The number of carboxylic acid groups (broad SMARTS) is 1. The predicted molar refractivity (Wildman–Crippen MR) is 94.6 cm³/mol. The van der Waals surface area contributed by atoms with Gasteiger partial charge in [0.25, 0.3) is 5.56 Å². The first-order valence-electron chi connectivity index (χ1n) is 9.05. The lowest BCUT2D eigenvalue weighted by Gasteiger charge is -2.33. The van der Waals surface area contributed by atoms with Crippen molar-refractivity contribution in [2.24, 2.45) is 5.92 Å². The minimum atomic E-state index is -0.966. The lowest BCUT2D eigenvalue weighted by molar-refractivity contribution is -0.150. The van der Waals surface area contributed by atoms with E-state index in [0.717, 1.165) is 35.8 Å². The van der Waals surface area contributed by atoms with Gasteiger partial charge in [-0.25, -0.2) is 9.48 Å². The van der Waals surface area contributed by atoms with Crippen LogP contribution in [-0.2, 0) is 16.1 Å². The molecule has 2 heterocycles. The largest absolute Gasteiger partial charge is 0.480 e. The van der Waals surface area contributed by atoms with Gasteiger partial charge in [-0.3, -0.25) is 9.59 Å². The van der Waals surface area contributed by atoms with Crippen molar-refractivity contribution in [3.05, 3.63) is 40.8 Å². The molecule has 2 aliphatic rings. The molecule has 136 valence electrons. The molecule has 1 amide bonds. The van der Waals surface area contributed by atoms with Gasteiger partial charge in [-0.1, -0.05) is 31.0 Å². The van der Waals surface area contributed by atoms with Crippen LogP contribution in [0, 0.1) is 5.92 Å². The molecule has 7 heteroatoms. The predicted octanol–water partition coefficient (Wildman–Crippen LogP) is 1.64. The molecule has 1 aromatic heterocycles. The summed E-state index contributed by atoms with van der Waals surface area (Å²) in [6, 6.07) is 6.25. The number of aromatic nitrogens is 2. The van der Waals surface area contributed by atoms with Gasteiger partial charge in [-0.15, -0.1) is 0 Å². The Hall–Kier alpha value is -2.70. The number of benzene rings is 1. The van der Waals surface area contributed by atoms with Gasteiger partial charge < -0.3 is 10.0 Å². The summed E-state index contributed by atoms with van der Waals surface area (Å²) in [5.74, 6) is -1.06. The van der Waals surface area contributed by atoms with E-state index in [2.05, 4.69) is 5.10 Å². The number of likely N-dealkylation sites (tertiary alicyclic amines) is 1. The fourth-order valence-electron chi connectivity index (χ4n) is 4.49. The van der Waals surface area contributed by atoms with Crippen LogP contribution in [0.3, 0.4) is 0 Å². The molecule has 1 aromatic carbocycles. The van der Waals surface area contributed by atoms with Crippen LogP contribution in [0.25, 0.3) is 10.8 Å². The Kier molecular flexibility index (Phi) is 4.22. The molecule has 1 aliphatic carbocycles. The zero-order valence-corrected chi connectivity index (χ0v) is 14.4. The third-order valence-electron chi connectivity index (χ3n) is 5.71. The van der Waals surface area contributed by atoms with Gasteiger partial charge in [-0.05, 0) is 31.2 Å². The second-order valence-corrected chi connectivity index (χ2v) is 7.20. The van der Waals surface area contributed by atoms with E-state index in [9.17, 15) is 19.5 Å². The summed E-state index contributed by atoms with van der Waals surface area (Å²) in [5.41, 5.74) is -0.331. The maximum Gasteiger partial charge on any atom is 0.326 e. The van der Waals surface area contributed by atoms with Gasteiger partial charge in [0.2, 0.25) is 5.91 Å². The normalized spacial score (nSPS) is 25.2. The molecular weight excluding hydrogens is 334 g/mol. The van der Waals surface area contributed by atoms with E-state index in [-0.39, 0.29) is 30.0 Å². The van der Waals surface area contributed by atoms with Crippen LogP contribution in [0.2, 0.25) is 0 Å². The first-order chi connectivity index (χ1) is 12.6. The second kappa shape index (κ2) is 6.55. The topological polar surface area (TPSA) is 92.5 Å². The van der Waals surface area contributed by atoms with Gasteiger partial charge in [0.1, 0.15) is 12.6 Å². The van der Waals surface area contributed by atoms with Crippen molar-refractivity contribution in [1.82, 2.24) is 14.7 Å². The van der Waals surface area contributed by atoms with E-state index in [4.69, 9.17) is 0 Å². The molecule has 0 unspecified atom stereocenters. The van der Waals surface area contributed by atoms with Crippen LogP contribution < -0.4 is 5.56 Å². The first kappa shape index (κ1) is 16.8. The third kappa shape index (κ3) is 2.77. The zero-order chi connectivity index (χ0) is 18.3. The van der Waals surface area contributed by atoms with Gasteiger partial charge in [0.05, 0.1) is 11.6 Å². The smallest absolute Gasteiger partial charge is 0.326 e. The van der Waals surface area contributed by atoms with Crippen LogP contribution in [0.5, 0.6) is 0 Å². The van der Waals surface area contributed by atoms with Crippen LogP contribution in [0.4, 0.5) is 0 Å². The summed E-state index contributed by atoms with van der Waals surface area (Å²) < 4.78 is 1.14. The molecule has 1 N–H and O–H groups in total. The average molecular weight is 355 g/mol. The van der Waals surface area contributed by atoms with Gasteiger partial charge in [0.15, 0.2) is 0 Å². The maximum atomic E-state index is 12.9. The Balaban J connectivity index is 1.63. The fraction of sp³-hybridized carbons (Fsp3) is 0.474. The van der Waals surface area contributed by atoms with Gasteiger partial charge >= 0.3 is 5.97 Å². The van der Waals surface area contributed by atoms with Crippen molar-refractivity contribution in [1.29, 1.82) is 0 Å². The Bertz CT molecular complexity index is 922. The average Bonchev–Trinajstić information content (AvgIpc) is 3.04. The quantitative estimate of drug-likeness (QED) is 0.904. The molecule has 0 radical (unpaired) electrons. The maximum absolute atomic E-state index is 12.9. The number of nitrogens with zero attached hydrogens (tertiary/aromatic N) is 3. The molecule has 1 aliphatic heterocycles. The lowest BCUT2D eigenvalue weighted by Crippen LogP contribution is -2.48. The van der Waals surface area contributed by atoms with Crippen molar-refractivity contribution in [3.63, 3.8) is 0 Å². The summed E-state index contributed by atoms with van der Waals surface area (Å²) in [4.78, 5) is 38.7. The molecule has 2 aromatic rings. The highest BCUT2D eigenvalue weighted by atomic mass is 16.4. The van der Waals surface area contributed by atoms with E-state index in [1.807, 2.05) is 6.07 Å². The molecule has 4 rings (SSSR count). The number of hydrogen-bond donors (Lipinski definition) is 1. The van der Waals surface area contributed by atoms with Crippen molar-refractivity contribution in [2.75, 3.05) is 0 Å².